The predicted octanol–water partition coefficient (Wildman–Crippen LogP) is 2.95. The van der Waals surface area contributed by atoms with Gasteiger partial charge < -0.3 is 14.5 Å². The topological polar surface area (TPSA) is 69.3 Å². The Kier molecular flexibility index (Phi) is 4.17. The number of ether oxygens (including phenoxy) is 1. The zero-order valence-corrected chi connectivity index (χ0v) is 14.2. The van der Waals surface area contributed by atoms with Crippen LogP contribution in [0.5, 0.6) is 5.75 Å². The van der Waals surface area contributed by atoms with Crippen LogP contribution in [0, 0.1) is 0 Å². The third kappa shape index (κ3) is 2.99. The smallest absolute Gasteiger partial charge is 0.287 e. The molecule has 0 fully saturated rings. The second-order valence-electron chi connectivity index (χ2n) is 6.29. The van der Waals surface area contributed by atoms with E-state index in [1.165, 1.54) is 24.1 Å². The number of benzene rings is 1. The zero-order valence-electron chi connectivity index (χ0n) is 14.2. The van der Waals surface area contributed by atoms with Crippen LogP contribution < -0.4 is 10.1 Å². The molecule has 0 unspecified atom stereocenters. The standard InChI is InChI=1S/C19H21N3O3/c1-24-16-8-4-6-13-11-17(25-18(13)16)19(23)20-9-10-22-15-7-3-2-5-14(15)12-21-22/h4,6,8,11-12H,2-3,5,7,9-10H2,1H3,(H,20,23). The number of carbonyl (C=O) groups is 1. The van der Waals surface area contributed by atoms with Gasteiger partial charge in [0.05, 0.1) is 19.9 Å². The minimum Gasteiger partial charge on any atom is -0.493 e. The van der Waals surface area contributed by atoms with E-state index in [1.807, 2.05) is 29.1 Å². The summed E-state index contributed by atoms with van der Waals surface area (Å²) in [5.74, 6) is 0.695. The molecule has 0 aliphatic heterocycles. The minimum atomic E-state index is -0.223. The molecule has 0 bridgehead atoms. The van der Waals surface area contributed by atoms with Gasteiger partial charge in [0.25, 0.3) is 5.91 Å². The second kappa shape index (κ2) is 6.63. The van der Waals surface area contributed by atoms with Crippen LogP contribution >= 0.6 is 0 Å². The summed E-state index contributed by atoms with van der Waals surface area (Å²) in [5.41, 5.74) is 3.26. The third-order valence-electron chi connectivity index (χ3n) is 4.71. The molecule has 1 aliphatic rings. The summed E-state index contributed by atoms with van der Waals surface area (Å²) >= 11 is 0. The Balaban J connectivity index is 1.42. The van der Waals surface area contributed by atoms with Gasteiger partial charge in [-0.05, 0) is 43.4 Å². The molecule has 25 heavy (non-hydrogen) atoms. The Morgan fingerprint density at radius 2 is 2.24 bits per heavy atom. The molecule has 3 aromatic rings. The molecule has 0 radical (unpaired) electrons. The Morgan fingerprint density at radius 3 is 3.12 bits per heavy atom. The number of hydrogen-bond acceptors (Lipinski definition) is 4. The molecular weight excluding hydrogens is 318 g/mol. The molecule has 4 rings (SSSR count). The number of furan rings is 1. The first-order chi connectivity index (χ1) is 12.3. The third-order valence-corrected chi connectivity index (χ3v) is 4.71. The van der Waals surface area contributed by atoms with Crippen molar-refractivity contribution in [2.75, 3.05) is 13.7 Å². The van der Waals surface area contributed by atoms with Crippen LogP contribution in [0.3, 0.4) is 0 Å². The quantitative estimate of drug-likeness (QED) is 0.776. The maximum Gasteiger partial charge on any atom is 0.287 e. The number of aromatic nitrogens is 2. The molecular formula is C19H21N3O3. The molecule has 0 spiro atoms. The van der Waals surface area contributed by atoms with E-state index in [1.54, 1.807) is 13.2 Å². The number of para-hydroxylation sites is 1. The molecule has 0 saturated heterocycles. The van der Waals surface area contributed by atoms with E-state index < -0.39 is 0 Å². The first-order valence-electron chi connectivity index (χ1n) is 8.64. The highest BCUT2D eigenvalue weighted by Gasteiger charge is 2.16. The molecule has 2 aromatic heterocycles. The molecule has 1 N–H and O–H groups in total. The van der Waals surface area contributed by atoms with Crippen molar-refractivity contribution < 1.29 is 13.9 Å². The Morgan fingerprint density at radius 1 is 1.36 bits per heavy atom. The minimum absolute atomic E-state index is 0.223. The second-order valence-corrected chi connectivity index (χ2v) is 6.29. The lowest BCUT2D eigenvalue weighted by atomic mass is 9.98. The maximum absolute atomic E-state index is 12.4. The number of rotatable bonds is 5. The summed E-state index contributed by atoms with van der Waals surface area (Å²) in [4.78, 5) is 12.4. The summed E-state index contributed by atoms with van der Waals surface area (Å²) in [6.07, 6.45) is 6.60. The van der Waals surface area contributed by atoms with E-state index in [4.69, 9.17) is 9.15 Å². The Labute approximate surface area is 145 Å². The lowest BCUT2D eigenvalue weighted by Gasteiger charge is -2.13. The van der Waals surface area contributed by atoms with Gasteiger partial charge in [-0.3, -0.25) is 9.48 Å². The van der Waals surface area contributed by atoms with Crippen LogP contribution in [0.15, 0.2) is 34.9 Å². The van der Waals surface area contributed by atoms with Crippen molar-refractivity contribution in [2.24, 2.45) is 0 Å². The number of aryl methyl sites for hydroxylation is 1. The van der Waals surface area contributed by atoms with Gasteiger partial charge in [0.15, 0.2) is 17.1 Å². The largest absolute Gasteiger partial charge is 0.493 e. The first-order valence-corrected chi connectivity index (χ1v) is 8.64. The fraction of sp³-hybridized carbons (Fsp3) is 0.368. The molecule has 0 saturated carbocycles. The van der Waals surface area contributed by atoms with E-state index in [0.717, 1.165) is 18.2 Å². The zero-order chi connectivity index (χ0) is 17.2. The summed E-state index contributed by atoms with van der Waals surface area (Å²) in [5, 5.41) is 8.21. The number of amides is 1. The number of hydrogen-bond donors (Lipinski definition) is 1. The Hall–Kier alpha value is -2.76. The van der Waals surface area contributed by atoms with Gasteiger partial charge >= 0.3 is 0 Å². The molecule has 1 aromatic carbocycles. The summed E-state index contributed by atoms with van der Waals surface area (Å²) in [6.45, 7) is 1.19. The number of carbonyl (C=O) groups excluding carboxylic acids is 1. The van der Waals surface area contributed by atoms with Gasteiger partial charge in [-0.2, -0.15) is 5.10 Å². The van der Waals surface area contributed by atoms with E-state index in [0.29, 0.717) is 30.2 Å². The van der Waals surface area contributed by atoms with Crippen LogP contribution in [0.2, 0.25) is 0 Å². The van der Waals surface area contributed by atoms with Crippen LogP contribution in [0.4, 0.5) is 0 Å². The fourth-order valence-electron chi connectivity index (χ4n) is 3.42. The van der Waals surface area contributed by atoms with Crippen LogP contribution in [0.25, 0.3) is 11.0 Å². The molecule has 1 aliphatic carbocycles. The van der Waals surface area contributed by atoms with Crippen molar-refractivity contribution in [1.29, 1.82) is 0 Å². The molecule has 6 nitrogen and oxygen atoms in total. The average Bonchev–Trinajstić information content (AvgIpc) is 3.25. The van der Waals surface area contributed by atoms with Crippen molar-refractivity contribution >= 4 is 16.9 Å². The van der Waals surface area contributed by atoms with E-state index >= 15 is 0 Å². The van der Waals surface area contributed by atoms with Crippen molar-refractivity contribution in [1.82, 2.24) is 15.1 Å². The Bertz CT molecular complexity index is 910. The lowest BCUT2D eigenvalue weighted by molar-refractivity contribution is 0.0926. The molecule has 0 atom stereocenters. The van der Waals surface area contributed by atoms with Crippen LogP contribution in [-0.2, 0) is 19.4 Å². The van der Waals surface area contributed by atoms with Crippen molar-refractivity contribution in [3.63, 3.8) is 0 Å². The molecule has 2 heterocycles. The van der Waals surface area contributed by atoms with Crippen molar-refractivity contribution in [3.05, 3.63) is 47.5 Å². The summed E-state index contributed by atoms with van der Waals surface area (Å²) < 4.78 is 12.9. The number of fused-ring (bicyclic) bond motifs is 2. The highest BCUT2D eigenvalue weighted by Crippen LogP contribution is 2.28. The predicted molar refractivity (Wildman–Crippen MR) is 94.0 cm³/mol. The normalized spacial score (nSPS) is 13.6. The number of methoxy groups -OCH3 is 1. The fourth-order valence-corrected chi connectivity index (χ4v) is 3.42. The van der Waals surface area contributed by atoms with Gasteiger partial charge in [0.2, 0.25) is 0 Å². The van der Waals surface area contributed by atoms with E-state index in [9.17, 15) is 4.79 Å². The van der Waals surface area contributed by atoms with E-state index in [2.05, 4.69) is 10.4 Å². The average molecular weight is 339 g/mol. The number of nitrogens with zero attached hydrogens (tertiary/aromatic N) is 2. The molecule has 130 valence electrons. The maximum atomic E-state index is 12.4. The summed E-state index contributed by atoms with van der Waals surface area (Å²) in [7, 11) is 1.59. The van der Waals surface area contributed by atoms with Crippen LogP contribution in [-0.4, -0.2) is 29.3 Å². The van der Waals surface area contributed by atoms with Gasteiger partial charge in [-0.15, -0.1) is 0 Å². The first kappa shape index (κ1) is 15.7. The van der Waals surface area contributed by atoms with Gasteiger partial charge in [-0.1, -0.05) is 12.1 Å². The van der Waals surface area contributed by atoms with Gasteiger partial charge in [0, 0.05) is 17.6 Å². The van der Waals surface area contributed by atoms with Gasteiger partial charge in [-0.25, -0.2) is 0 Å². The van der Waals surface area contributed by atoms with Gasteiger partial charge in [0.1, 0.15) is 0 Å². The monoisotopic (exact) mass is 339 g/mol. The van der Waals surface area contributed by atoms with Crippen molar-refractivity contribution in [3.8, 4) is 5.75 Å². The SMILES string of the molecule is COc1cccc2cc(C(=O)NCCn3ncc4c3CCCC4)oc12. The van der Waals surface area contributed by atoms with E-state index in [-0.39, 0.29) is 5.91 Å². The highest BCUT2D eigenvalue weighted by molar-refractivity contribution is 5.97. The van der Waals surface area contributed by atoms with Crippen LogP contribution in [0.1, 0.15) is 34.7 Å². The summed E-state index contributed by atoms with van der Waals surface area (Å²) in [6, 6.07) is 7.32. The molecule has 6 heteroatoms. The highest BCUT2D eigenvalue weighted by atomic mass is 16.5. The molecule has 1 amide bonds. The van der Waals surface area contributed by atoms with Crippen molar-refractivity contribution in [2.45, 2.75) is 32.2 Å². The number of nitrogens with one attached hydrogen (secondary N) is 1. The lowest BCUT2D eigenvalue weighted by Crippen LogP contribution is -2.27.